The van der Waals surface area contributed by atoms with Gasteiger partial charge < -0.3 is 15.5 Å². The van der Waals surface area contributed by atoms with Crippen molar-refractivity contribution < 1.29 is 19.4 Å². The van der Waals surface area contributed by atoms with Gasteiger partial charge >= 0.3 is 0 Å². The molecule has 1 aromatic carbocycles. The van der Waals surface area contributed by atoms with Crippen molar-refractivity contribution in [3.8, 4) is 0 Å². The minimum Gasteiger partial charge on any atom is -0.389 e. The molecule has 1 fully saturated rings. The third kappa shape index (κ3) is 4.25. The molecule has 2 rings (SSSR count). The van der Waals surface area contributed by atoms with Crippen LogP contribution in [0, 0.1) is 5.82 Å². The van der Waals surface area contributed by atoms with Crippen molar-refractivity contribution >= 4 is 5.91 Å². The summed E-state index contributed by atoms with van der Waals surface area (Å²) in [4.78, 5) is 11.9. The fourth-order valence-corrected chi connectivity index (χ4v) is 2.75. The van der Waals surface area contributed by atoms with E-state index < -0.39 is 11.2 Å². The Morgan fingerprint density at radius 1 is 1.33 bits per heavy atom. The second-order valence-corrected chi connectivity index (χ2v) is 6.17. The molecule has 3 N–H and O–H groups in total. The zero-order valence-corrected chi connectivity index (χ0v) is 12.2. The molecule has 1 aliphatic carbocycles. The van der Waals surface area contributed by atoms with Crippen LogP contribution in [0.2, 0.25) is 0 Å². The molecule has 21 heavy (non-hydrogen) atoms. The maximum atomic E-state index is 12.9. The van der Waals surface area contributed by atoms with Crippen LogP contribution < -0.4 is 5.32 Å². The van der Waals surface area contributed by atoms with Crippen LogP contribution in [-0.2, 0) is 10.4 Å². The fourth-order valence-electron chi connectivity index (χ4n) is 2.75. The summed E-state index contributed by atoms with van der Waals surface area (Å²) in [5, 5.41) is 23.2. The van der Waals surface area contributed by atoms with Crippen LogP contribution in [0.1, 0.15) is 44.6 Å². The van der Waals surface area contributed by atoms with Crippen LogP contribution in [0.25, 0.3) is 0 Å². The van der Waals surface area contributed by atoms with Gasteiger partial charge in [-0.25, -0.2) is 4.39 Å². The number of aliphatic hydroxyl groups is 2. The Balaban J connectivity index is 1.89. The van der Waals surface area contributed by atoms with Gasteiger partial charge in [0.25, 0.3) is 0 Å². The molecule has 0 aromatic heterocycles. The summed E-state index contributed by atoms with van der Waals surface area (Å²) in [7, 11) is 0. The van der Waals surface area contributed by atoms with Crippen LogP contribution >= 0.6 is 0 Å². The second-order valence-electron chi connectivity index (χ2n) is 6.17. The van der Waals surface area contributed by atoms with Gasteiger partial charge in [0.15, 0.2) is 0 Å². The zero-order chi connectivity index (χ0) is 15.5. The lowest BCUT2D eigenvalue weighted by atomic mass is 9.95. The first-order valence-electron chi connectivity index (χ1n) is 7.28. The third-order valence-electron chi connectivity index (χ3n) is 4.12. The average molecular weight is 295 g/mol. The van der Waals surface area contributed by atoms with Crippen LogP contribution in [-0.4, -0.2) is 28.3 Å². The molecule has 4 nitrogen and oxygen atoms in total. The van der Waals surface area contributed by atoms with Crippen molar-refractivity contribution in [2.24, 2.45) is 0 Å². The van der Waals surface area contributed by atoms with Gasteiger partial charge in [-0.05, 0) is 37.5 Å². The van der Waals surface area contributed by atoms with E-state index in [0.717, 1.165) is 12.8 Å². The Labute approximate surface area is 124 Å². The minimum atomic E-state index is -1.28. The van der Waals surface area contributed by atoms with Crippen molar-refractivity contribution in [2.75, 3.05) is 6.54 Å². The molecule has 1 atom stereocenters. The summed E-state index contributed by atoms with van der Waals surface area (Å²) in [5.74, 6) is -0.649. The molecule has 1 saturated carbocycles. The number of benzene rings is 1. The Morgan fingerprint density at radius 2 is 1.90 bits per heavy atom. The summed E-state index contributed by atoms with van der Waals surface area (Å²) < 4.78 is 12.9. The number of nitrogens with one attached hydrogen (secondary N) is 1. The van der Waals surface area contributed by atoms with Gasteiger partial charge in [0.05, 0.1) is 18.6 Å². The molecule has 0 bridgehead atoms. The summed E-state index contributed by atoms with van der Waals surface area (Å²) in [6.45, 7) is 1.58. The van der Waals surface area contributed by atoms with Gasteiger partial charge in [-0.3, -0.25) is 4.79 Å². The van der Waals surface area contributed by atoms with Gasteiger partial charge in [-0.1, -0.05) is 25.0 Å². The van der Waals surface area contributed by atoms with Crippen LogP contribution in [0.5, 0.6) is 0 Å². The molecular formula is C16H22FNO3. The van der Waals surface area contributed by atoms with E-state index in [9.17, 15) is 19.4 Å². The molecule has 116 valence electrons. The summed E-state index contributed by atoms with van der Waals surface area (Å²) in [5.41, 5.74) is -1.64. The van der Waals surface area contributed by atoms with Gasteiger partial charge in [-0.2, -0.15) is 0 Å². The Hall–Kier alpha value is -1.46. The van der Waals surface area contributed by atoms with Gasteiger partial charge in [-0.15, -0.1) is 0 Å². The molecule has 0 spiro atoms. The lowest BCUT2D eigenvalue weighted by Gasteiger charge is -2.26. The van der Waals surface area contributed by atoms with Crippen molar-refractivity contribution in [1.82, 2.24) is 5.32 Å². The molecule has 1 aliphatic rings. The van der Waals surface area contributed by atoms with Crippen molar-refractivity contribution in [1.29, 1.82) is 0 Å². The van der Waals surface area contributed by atoms with Gasteiger partial charge in [0.2, 0.25) is 5.91 Å². The quantitative estimate of drug-likeness (QED) is 0.776. The Bertz CT molecular complexity index is 493. The number of carbonyl (C=O) groups excluding carboxylic acids is 1. The van der Waals surface area contributed by atoms with E-state index >= 15 is 0 Å². The first-order valence-corrected chi connectivity index (χ1v) is 7.28. The number of hydrogen-bond acceptors (Lipinski definition) is 3. The summed E-state index contributed by atoms with van der Waals surface area (Å²) in [6.07, 6.45) is 3.24. The number of rotatable bonds is 5. The number of hydrogen-bond donors (Lipinski definition) is 3. The predicted octanol–water partition coefficient (Wildman–Crippen LogP) is 1.84. The highest BCUT2D eigenvalue weighted by Crippen LogP contribution is 2.32. The molecule has 0 radical (unpaired) electrons. The summed E-state index contributed by atoms with van der Waals surface area (Å²) in [6, 6.07) is 5.53. The van der Waals surface area contributed by atoms with Crippen LogP contribution in [0.3, 0.4) is 0 Å². The molecule has 1 amide bonds. The van der Waals surface area contributed by atoms with E-state index in [1.165, 1.54) is 24.3 Å². The van der Waals surface area contributed by atoms with Gasteiger partial charge in [0.1, 0.15) is 11.4 Å². The minimum absolute atomic E-state index is 0.0214. The first kappa shape index (κ1) is 15.9. The second kappa shape index (κ2) is 6.12. The molecule has 1 aromatic rings. The van der Waals surface area contributed by atoms with Gasteiger partial charge in [0, 0.05) is 0 Å². The number of amides is 1. The highest BCUT2D eigenvalue weighted by molar-refractivity contribution is 5.77. The Morgan fingerprint density at radius 3 is 2.48 bits per heavy atom. The van der Waals surface area contributed by atoms with E-state index in [2.05, 4.69) is 5.32 Å². The monoisotopic (exact) mass is 295 g/mol. The topological polar surface area (TPSA) is 69.6 Å². The molecule has 0 heterocycles. The van der Waals surface area contributed by atoms with Crippen LogP contribution in [0.15, 0.2) is 24.3 Å². The highest BCUT2D eigenvalue weighted by Gasteiger charge is 2.34. The maximum absolute atomic E-state index is 12.9. The predicted molar refractivity (Wildman–Crippen MR) is 77.0 cm³/mol. The highest BCUT2D eigenvalue weighted by atomic mass is 19.1. The molecule has 1 unspecified atom stereocenters. The summed E-state index contributed by atoms with van der Waals surface area (Å²) >= 11 is 0. The molecule has 5 heteroatoms. The smallest absolute Gasteiger partial charge is 0.223 e. The average Bonchev–Trinajstić information content (AvgIpc) is 2.83. The molecule has 0 aliphatic heterocycles. The largest absolute Gasteiger partial charge is 0.389 e. The number of halogens is 1. The van der Waals surface area contributed by atoms with E-state index in [4.69, 9.17) is 0 Å². The van der Waals surface area contributed by atoms with Crippen molar-refractivity contribution in [3.05, 3.63) is 35.6 Å². The molecular weight excluding hydrogens is 273 g/mol. The third-order valence-corrected chi connectivity index (χ3v) is 4.12. The van der Waals surface area contributed by atoms with E-state index in [1.54, 1.807) is 6.92 Å². The van der Waals surface area contributed by atoms with Crippen LogP contribution in [0.4, 0.5) is 4.39 Å². The van der Waals surface area contributed by atoms with E-state index in [-0.39, 0.29) is 24.7 Å². The lowest BCUT2D eigenvalue weighted by Crippen LogP contribution is -2.41. The standard InChI is InChI=1S/C16H22FNO3/c1-15(20,12-4-6-13(17)7-5-12)11-18-14(19)10-16(21)8-2-3-9-16/h4-7,20-21H,2-3,8-11H2,1H3,(H,18,19). The van der Waals surface area contributed by atoms with Crippen molar-refractivity contribution in [2.45, 2.75) is 50.2 Å². The Kier molecular flexibility index (Phi) is 4.64. The van der Waals surface area contributed by atoms with E-state index in [0.29, 0.717) is 18.4 Å². The normalized spacial score (nSPS) is 20.0. The van der Waals surface area contributed by atoms with E-state index in [1.807, 2.05) is 0 Å². The SMILES string of the molecule is CC(O)(CNC(=O)CC1(O)CCCC1)c1ccc(F)cc1. The zero-order valence-electron chi connectivity index (χ0n) is 12.2. The fraction of sp³-hybridized carbons (Fsp3) is 0.562. The lowest BCUT2D eigenvalue weighted by molar-refractivity contribution is -0.127. The first-order chi connectivity index (χ1) is 9.81. The molecule has 0 saturated heterocycles. The number of carbonyl (C=O) groups is 1. The maximum Gasteiger partial charge on any atom is 0.223 e. The van der Waals surface area contributed by atoms with Crippen molar-refractivity contribution in [3.63, 3.8) is 0 Å².